The summed E-state index contributed by atoms with van der Waals surface area (Å²) in [6.07, 6.45) is -0.139. The Bertz CT molecular complexity index is 711. The average Bonchev–Trinajstić information content (AvgIpc) is 3.06. The zero-order valence-corrected chi connectivity index (χ0v) is 14.1. The number of methoxy groups -OCH3 is 1. The summed E-state index contributed by atoms with van der Waals surface area (Å²) in [5, 5.41) is 11.8. The van der Waals surface area contributed by atoms with Gasteiger partial charge >= 0.3 is 0 Å². The van der Waals surface area contributed by atoms with Crippen LogP contribution in [0.15, 0.2) is 40.6 Å². The van der Waals surface area contributed by atoms with E-state index >= 15 is 0 Å². The van der Waals surface area contributed by atoms with Crippen molar-refractivity contribution in [1.29, 1.82) is 0 Å². The molecule has 0 fully saturated rings. The average molecular weight is 341 g/mol. The van der Waals surface area contributed by atoms with Gasteiger partial charge in [-0.2, -0.15) is 0 Å². The van der Waals surface area contributed by atoms with E-state index in [0.717, 1.165) is 16.9 Å². The number of aliphatic hydroxyl groups excluding tert-OH is 1. The number of hydrogen-bond donors (Lipinski definition) is 2. The summed E-state index contributed by atoms with van der Waals surface area (Å²) >= 11 is 1.38. The number of ether oxygens (including phenoxy) is 1. The maximum atomic E-state index is 12.5. The van der Waals surface area contributed by atoms with Gasteiger partial charge in [0.2, 0.25) is 10.0 Å². The molecular formula is C15H19NO4S2. The molecular weight excluding hydrogens is 322 g/mol. The SMILES string of the molecule is CCc1ccc(OC)c(S(=O)(=O)NCC(O)c2cccs2)c1. The van der Waals surface area contributed by atoms with Crippen molar-refractivity contribution in [3.8, 4) is 5.75 Å². The number of aliphatic hydroxyl groups is 1. The lowest BCUT2D eigenvalue weighted by atomic mass is 10.2. The number of thiophene rings is 1. The number of rotatable bonds is 7. The molecule has 120 valence electrons. The molecule has 0 bridgehead atoms. The Kier molecular flexibility index (Phi) is 5.57. The van der Waals surface area contributed by atoms with Gasteiger partial charge in [-0.3, -0.25) is 0 Å². The fourth-order valence-corrected chi connectivity index (χ4v) is 3.97. The van der Waals surface area contributed by atoms with E-state index in [1.54, 1.807) is 18.2 Å². The minimum atomic E-state index is -3.75. The number of sulfonamides is 1. The molecule has 0 aliphatic heterocycles. The smallest absolute Gasteiger partial charge is 0.244 e. The van der Waals surface area contributed by atoms with E-state index in [0.29, 0.717) is 0 Å². The first kappa shape index (κ1) is 17.0. The predicted molar refractivity (Wildman–Crippen MR) is 86.8 cm³/mol. The molecule has 0 aliphatic rings. The van der Waals surface area contributed by atoms with Crippen molar-refractivity contribution >= 4 is 21.4 Å². The highest BCUT2D eigenvalue weighted by molar-refractivity contribution is 7.89. The molecule has 1 unspecified atom stereocenters. The molecule has 2 N–H and O–H groups in total. The van der Waals surface area contributed by atoms with E-state index in [2.05, 4.69) is 4.72 Å². The van der Waals surface area contributed by atoms with Gasteiger partial charge in [0.15, 0.2) is 0 Å². The normalized spacial score (nSPS) is 13.0. The first-order valence-corrected chi connectivity index (χ1v) is 9.22. The minimum Gasteiger partial charge on any atom is -0.495 e. The van der Waals surface area contributed by atoms with Crippen LogP contribution in [0.2, 0.25) is 0 Å². The van der Waals surface area contributed by atoms with Crippen molar-refractivity contribution in [1.82, 2.24) is 4.72 Å². The van der Waals surface area contributed by atoms with Crippen molar-refractivity contribution < 1.29 is 18.3 Å². The van der Waals surface area contributed by atoms with Crippen LogP contribution in [-0.2, 0) is 16.4 Å². The number of nitrogens with one attached hydrogen (secondary N) is 1. The fraction of sp³-hybridized carbons (Fsp3) is 0.333. The standard InChI is InChI=1S/C15H19NO4S2/c1-3-11-6-7-13(20-2)15(9-11)22(18,19)16-10-12(17)14-5-4-8-21-14/h4-9,12,16-17H,3,10H2,1-2H3. The third-order valence-corrected chi connectivity index (χ3v) is 5.68. The van der Waals surface area contributed by atoms with E-state index < -0.39 is 16.1 Å². The Labute approximate surface area is 134 Å². The van der Waals surface area contributed by atoms with Crippen LogP contribution in [0.4, 0.5) is 0 Å². The van der Waals surface area contributed by atoms with Crippen molar-refractivity contribution in [2.45, 2.75) is 24.3 Å². The lowest BCUT2D eigenvalue weighted by Crippen LogP contribution is -2.28. The molecule has 5 nitrogen and oxygen atoms in total. The van der Waals surface area contributed by atoms with Gasteiger partial charge in [-0.15, -0.1) is 11.3 Å². The first-order chi connectivity index (χ1) is 10.5. The molecule has 0 amide bonds. The van der Waals surface area contributed by atoms with Gasteiger partial charge < -0.3 is 9.84 Å². The summed E-state index contributed by atoms with van der Waals surface area (Å²) in [6, 6.07) is 8.65. The molecule has 22 heavy (non-hydrogen) atoms. The van der Waals surface area contributed by atoms with Gasteiger partial charge in [0, 0.05) is 11.4 Å². The minimum absolute atomic E-state index is 0.0810. The molecule has 2 aromatic rings. The lowest BCUT2D eigenvalue weighted by molar-refractivity contribution is 0.185. The second-order valence-corrected chi connectivity index (χ2v) is 7.44. The highest BCUT2D eigenvalue weighted by atomic mass is 32.2. The van der Waals surface area contributed by atoms with Crippen LogP contribution in [0, 0.1) is 0 Å². The van der Waals surface area contributed by atoms with Crippen molar-refractivity contribution in [3.63, 3.8) is 0 Å². The van der Waals surface area contributed by atoms with Gasteiger partial charge in [0.1, 0.15) is 16.7 Å². The van der Waals surface area contributed by atoms with Crippen LogP contribution in [0.3, 0.4) is 0 Å². The topological polar surface area (TPSA) is 75.6 Å². The molecule has 7 heteroatoms. The third kappa shape index (κ3) is 3.86. The van der Waals surface area contributed by atoms with Crippen LogP contribution in [0.1, 0.15) is 23.5 Å². The summed E-state index contributed by atoms with van der Waals surface area (Å²) in [7, 11) is -2.32. The summed E-state index contributed by atoms with van der Waals surface area (Å²) in [4.78, 5) is 0.810. The zero-order chi connectivity index (χ0) is 16.2. The van der Waals surface area contributed by atoms with Gasteiger partial charge in [0.05, 0.1) is 7.11 Å². The number of aryl methyl sites for hydroxylation is 1. The highest BCUT2D eigenvalue weighted by Crippen LogP contribution is 2.25. The van der Waals surface area contributed by atoms with E-state index in [1.807, 2.05) is 24.4 Å². The van der Waals surface area contributed by atoms with Crippen LogP contribution in [0.5, 0.6) is 5.75 Å². The third-order valence-electron chi connectivity index (χ3n) is 3.26. The molecule has 1 aromatic carbocycles. The predicted octanol–water partition coefficient (Wildman–Crippen LogP) is 2.33. The van der Waals surface area contributed by atoms with Crippen molar-refractivity contribution in [3.05, 3.63) is 46.2 Å². The Morgan fingerprint density at radius 1 is 1.36 bits per heavy atom. The maximum absolute atomic E-state index is 12.5. The molecule has 0 radical (unpaired) electrons. The van der Waals surface area contributed by atoms with Crippen molar-refractivity contribution in [2.75, 3.05) is 13.7 Å². The molecule has 0 aliphatic carbocycles. The molecule has 1 heterocycles. The Hall–Kier alpha value is -1.41. The number of hydrogen-bond acceptors (Lipinski definition) is 5. The van der Waals surface area contributed by atoms with E-state index in [1.165, 1.54) is 18.4 Å². The summed E-state index contributed by atoms with van der Waals surface area (Å²) < 4.78 is 32.5. The zero-order valence-electron chi connectivity index (χ0n) is 12.4. The Morgan fingerprint density at radius 3 is 2.73 bits per heavy atom. The van der Waals surface area contributed by atoms with E-state index in [4.69, 9.17) is 4.74 Å². The van der Waals surface area contributed by atoms with E-state index in [-0.39, 0.29) is 17.2 Å². The number of benzene rings is 1. The maximum Gasteiger partial charge on any atom is 0.244 e. The molecule has 0 saturated carbocycles. The fourth-order valence-electron chi connectivity index (χ4n) is 2.00. The molecule has 2 rings (SSSR count). The molecule has 1 aromatic heterocycles. The monoisotopic (exact) mass is 341 g/mol. The van der Waals surface area contributed by atoms with Gasteiger partial charge in [0.25, 0.3) is 0 Å². The lowest BCUT2D eigenvalue weighted by Gasteiger charge is -2.14. The van der Waals surface area contributed by atoms with E-state index in [9.17, 15) is 13.5 Å². The van der Waals surface area contributed by atoms with Crippen molar-refractivity contribution in [2.24, 2.45) is 0 Å². The summed E-state index contributed by atoms with van der Waals surface area (Å²) in [6.45, 7) is 1.87. The molecule has 1 atom stereocenters. The van der Waals surface area contributed by atoms with Crippen LogP contribution >= 0.6 is 11.3 Å². The summed E-state index contributed by atoms with van der Waals surface area (Å²) in [5.74, 6) is 0.287. The largest absolute Gasteiger partial charge is 0.495 e. The molecule has 0 saturated heterocycles. The first-order valence-electron chi connectivity index (χ1n) is 6.86. The Balaban J connectivity index is 2.19. The second kappa shape index (κ2) is 7.23. The van der Waals surface area contributed by atoms with Gasteiger partial charge in [-0.25, -0.2) is 13.1 Å². The second-order valence-electron chi connectivity index (χ2n) is 4.72. The molecule has 0 spiro atoms. The van der Waals surface area contributed by atoms with Crippen LogP contribution in [0.25, 0.3) is 0 Å². The van der Waals surface area contributed by atoms with Crippen LogP contribution < -0.4 is 9.46 Å². The van der Waals surface area contributed by atoms with Gasteiger partial charge in [-0.1, -0.05) is 19.1 Å². The summed E-state index contributed by atoms with van der Waals surface area (Å²) in [5.41, 5.74) is 0.903. The van der Waals surface area contributed by atoms with Crippen LogP contribution in [-0.4, -0.2) is 27.2 Å². The quantitative estimate of drug-likeness (QED) is 0.810. The van der Waals surface area contributed by atoms with Gasteiger partial charge in [-0.05, 0) is 35.6 Å². The Morgan fingerprint density at radius 2 is 2.14 bits per heavy atom. The highest BCUT2D eigenvalue weighted by Gasteiger charge is 2.21.